The van der Waals surface area contributed by atoms with Crippen molar-refractivity contribution in [3.05, 3.63) is 27.7 Å². The third-order valence-electron chi connectivity index (χ3n) is 3.09. The summed E-state index contributed by atoms with van der Waals surface area (Å²) in [6.07, 6.45) is 2.29. The van der Waals surface area contributed by atoms with Crippen molar-refractivity contribution in [1.29, 1.82) is 0 Å². The van der Waals surface area contributed by atoms with Crippen molar-refractivity contribution in [3.63, 3.8) is 0 Å². The zero-order chi connectivity index (χ0) is 10.3. The van der Waals surface area contributed by atoms with Gasteiger partial charge in [0.2, 0.25) is 0 Å². The highest BCUT2D eigenvalue weighted by atomic mass is 79.9. The van der Waals surface area contributed by atoms with Crippen molar-refractivity contribution in [2.75, 3.05) is 6.54 Å². The molecule has 0 saturated heterocycles. The molecule has 1 aromatic carbocycles. The summed E-state index contributed by atoms with van der Waals surface area (Å²) in [4.78, 5) is 0. The Kier molecular flexibility index (Phi) is 2.32. The first-order valence-electron chi connectivity index (χ1n) is 4.79. The molecule has 76 valence electrons. The lowest BCUT2D eigenvalue weighted by atomic mass is 9.94. The predicted octanol–water partition coefficient (Wildman–Crippen LogP) is 2.45. The second-order valence-electron chi connectivity index (χ2n) is 4.11. The summed E-state index contributed by atoms with van der Waals surface area (Å²) < 4.78 is 0.786. The first kappa shape index (κ1) is 9.99. The first-order chi connectivity index (χ1) is 6.59. The van der Waals surface area contributed by atoms with E-state index in [1.54, 1.807) is 0 Å². The fourth-order valence-electron chi connectivity index (χ4n) is 1.82. The molecule has 0 bridgehead atoms. The molecule has 1 aliphatic rings. The van der Waals surface area contributed by atoms with Crippen LogP contribution in [0.3, 0.4) is 0 Å². The fourth-order valence-corrected chi connectivity index (χ4v) is 2.05. The molecule has 2 nitrogen and oxygen atoms in total. The molecule has 1 saturated carbocycles. The summed E-state index contributed by atoms with van der Waals surface area (Å²) in [6, 6.07) is 3.95. The number of halogens is 1. The minimum absolute atomic E-state index is 0.156. The molecule has 2 rings (SSSR count). The first-order valence-corrected chi connectivity index (χ1v) is 5.58. The van der Waals surface area contributed by atoms with E-state index in [1.165, 1.54) is 5.56 Å². The molecular weight excluding hydrogens is 242 g/mol. The molecule has 1 aromatic rings. The number of hydrogen-bond donors (Lipinski definition) is 2. The third kappa shape index (κ3) is 1.44. The molecule has 1 aliphatic carbocycles. The summed E-state index contributed by atoms with van der Waals surface area (Å²) in [6.45, 7) is 2.66. The van der Waals surface area contributed by atoms with Crippen LogP contribution < -0.4 is 5.73 Å². The molecule has 3 heteroatoms. The number of aromatic hydroxyl groups is 1. The van der Waals surface area contributed by atoms with E-state index in [0.717, 1.165) is 22.9 Å². The van der Waals surface area contributed by atoms with Gasteiger partial charge in [0.25, 0.3) is 0 Å². The molecule has 1 fully saturated rings. The maximum atomic E-state index is 9.68. The molecule has 0 aromatic heterocycles. The van der Waals surface area contributed by atoms with Crippen LogP contribution in [-0.2, 0) is 5.41 Å². The average molecular weight is 256 g/mol. The van der Waals surface area contributed by atoms with Crippen molar-refractivity contribution >= 4 is 15.9 Å². The van der Waals surface area contributed by atoms with Gasteiger partial charge in [-0.2, -0.15) is 0 Å². The van der Waals surface area contributed by atoms with E-state index in [-0.39, 0.29) is 5.41 Å². The molecule has 0 aliphatic heterocycles. The monoisotopic (exact) mass is 255 g/mol. The molecular formula is C11H14BrNO. The lowest BCUT2D eigenvalue weighted by Gasteiger charge is -2.15. The van der Waals surface area contributed by atoms with Gasteiger partial charge in [0.1, 0.15) is 5.75 Å². The van der Waals surface area contributed by atoms with Gasteiger partial charge in [0, 0.05) is 12.0 Å². The minimum Gasteiger partial charge on any atom is -0.507 e. The highest BCUT2D eigenvalue weighted by Crippen LogP contribution is 2.49. The lowest BCUT2D eigenvalue weighted by molar-refractivity contribution is 0.469. The second kappa shape index (κ2) is 3.24. The van der Waals surface area contributed by atoms with E-state index in [4.69, 9.17) is 5.73 Å². The summed E-state index contributed by atoms with van der Waals surface area (Å²) in [5.41, 5.74) is 8.15. The molecule has 14 heavy (non-hydrogen) atoms. The topological polar surface area (TPSA) is 46.2 Å². The van der Waals surface area contributed by atoms with Crippen LogP contribution in [0.15, 0.2) is 16.6 Å². The quantitative estimate of drug-likeness (QED) is 0.853. The molecule has 0 spiro atoms. The zero-order valence-electron chi connectivity index (χ0n) is 8.18. The van der Waals surface area contributed by atoms with E-state index in [2.05, 4.69) is 22.0 Å². The van der Waals surface area contributed by atoms with Crippen molar-refractivity contribution in [1.82, 2.24) is 0 Å². The van der Waals surface area contributed by atoms with E-state index in [9.17, 15) is 5.11 Å². The highest BCUT2D eigenvalue weighted by Gasteiger charge is 2.43. The van der Waals surface area contributed by atoms with Gasteiger partial charge in [0.05, 0.1) is 4.47 Å². The van der Waals surface area contributed by atoms with Gasteiger partial charge >= 0.3 is 0 Å². The Bertz CT molecular complexity index is 349. The van der Waals surface area contributed by atoms with E-state index < -0.39 is 0 Å². The number of phenolic OH excluding ortho intramolecular Hbond substituents is 1. The van der Waals surface area contributed by atoms with Crippen LogP contribution in [0.25, 0.3) is 0 Å². The molecule has 0 atom stereocenters. The fraction of sp³-hybridized carbons (Fsp3) is 0.455. The maximum Gasteiger partial charge on any atom is 0.130 e. The second-order valence-corrected chi connectivity index (χ2v) is 4.90. The largest absolute Gasteiger partial charge is 0.507 e. The van der Waals surface area contributed by atoms with Crippen LogP contribution in [-0.4, -0.2) is 11.7 Å². The van der Waals surface area contributed by atoms with Crippen molar-refractivity contribution in [3.8, 4) is 5.75 Å². The summed E-state index contributed by atoms with van der Waals surface area (Å²) in [7, 11) is 0. The van der Waals surface area contributed by atoms with Crippen LogP contribution in [0.4, 0.5) is 0 Å². The molecule has 0 heterocycles. The highest BCUT2D eigenvalue weighted by molar-refractivity contribution is 9.10. The van der Waals surface area contributed by atoms with Crippen molar-refractivity contribution < 1.29 is 5.11 Å². The van der Waals surface area contributed by atoms with Gasteiger partial charge in [-0.15, -0.1) is 0 Å². The van der Waals surface area contributed by atoms with Gasteiger partial charge in [-0.1, -0.05) is 6.07 Å². The van der Waals surface area contributed by atoms with Gasteiger partial charge in [-0.05, 0) is 52.9 Å². The molecule has 3 N–H and O–H groups in total. The van der Waals surface area contributed by atoms with Crippen LogP contribution in [0.2, 0.25) is 0 Å². The average Bonchev–Trinajstić information content (AvgIpc) is 2.94. The Morgan fingerprint density at radius 2 is 2.14 bits per heavy atom. The van der Waals surface area contributed by atoms with Crippen LogP contribution in [0.1, 0.15) is 24.0 Å². The maximum absolute atomic E-state index is 9.68. The Hall–Kier alpha value is -0.540. The summed E-state index contributed by atoms with van der Waals surface area (Å²) in [5, 5.41) is 9.68. The lowest BCUT2D eigenvalue weighted by Crippen LogP contribution is -2.19. The zero-order valence-corrected chi connectivity index (χ0v) is 9.76. The van der Waals surface area contributed by atoms with Gasteiger partial charge in [0.15, 0.2) is 0 Å². The van der Waals surface area contributed by atoms with E-state index >= 15 is 0 Å². The standard InChI is InChI=1S/C11H14BrNO/c1-7-4-8(5-9(14)10(7)12)11(6-13)2-3-11/h4-5,14H,2-3,6,13H2,1H3. The molecule has 0 radical (unpaired) electrons. The summed E-state index contributed by atoms with van der Waals surface area (Å²) in [5.74, 6) is 0.319. The number of nitrogens with two attached hydrogens (primary N) is 1. The summed E-state index contributed by atoms with van der Waals surface area (Å²) >= 11 is 3.34. The number of phenols is 1. The Labute approximate surface area is 92.3 Å². The normalized spacial score (nSPS) is 18.2. The predicted molar refractivity (Wildman–Crippen MR) is 60.5 cm³/mol. The van der Waals surface area contributed by atoms with Crippen LogP contribution in [0, 0.1) is 6.92 Å². The van der Waals surface area contributed by atoms with Gasteiger partial charge in [-0.25, -0.2) is 0 Å². The third-order valence-corrected chi connectivity index (χ3v) is 4.12. The number of hydrogen-bond acceptors (Lipinski definition) is 2. The number of benzene rings is 1. The van der Waals surface area contributed by atoms with E-state index in [0.29, 0.717) is 12.3 Å². The van der Waals surface area contributed by atoms with Gasteiger partial charge < -0.3 is 10.8 Å². The van der Waals surface area contributed by atoms with E-state index in [1.807, 2.05) is 13.0 Å². The minimum atomic E-state index is 0.156. The Morgan fingerprint density at radius 3 is 2.57 bits per heavy atom. The Balaban J connectivity index is 2.46. The Morgan fingerprint density at radius 1 is 1.50 bits per heavy atom. The number of rotatable bonds is 2. The van der Waals surface area contributed by atoms with Crippen LogP contribution >= 0.6 is 15.9 Å². The van der Waals surface area contributed by atoms with Crippen molar-refractivity contribution in [2.24, 2.45) is 5.73 Å². The SMILES string of the molecule is Cc1cc(C2(CN)CC2)cc(O)c1Br. The van der Waals surface area contributed by atoms with Gasteiger partial charge in [-0.3, -0.25) is 0 Å². The van der Waals surface area contributed by atoms with Crippen molar-refractivity contribution in [2.45, 2.75) is 25.2 Å². The molecule has 0 amide bonds. The number of aryl methyl sites for hydroxylation is 1. The smallest absolute Gasteiger partial charge is 0.130 e. The van der Waals surface area contributed by atoms with Crippen LogP contribution in [0.5, 0.6) is 5.75 Å². The molecule has 0 unspecified atom stereocenters.